The summed E-state index contributed by atoms with van der Waals surface area (Å²) in [6.07, 6.45) is 5.28. The van der Waals surface area contributed by atoms with E-state index in [1.165, 1.54) is 11.3 Å². The van der Waals surface area contributed by atoms with E-state index in [4.69, 9.17) is 9.72 Å². The minimum atomic E-state index is 0.198. The molecule has 4 rings (SSSR count). The number of ether oxygens (including phenoxy) is 1. The van der Waals surface area contributed by atoms with Crippen LogP contribution in [0.4, 0.5) is 0 Å². The zero-order valence-electron chi connectivity index (χ0n) is 16.5. The Kier molecular flexibility index (Phi) is 5.71. The first kappa shape index (κ1) is 18.8. The largest absolute Gasteiger partial charge is 0.373 e. The molecule has 0 spiro atoms. The summed E-state index contributed by atoms with van der Waals surface area (Å²) in [5.41, 5.74) is 2.43. The zero-order valence-corrected chi connectivity index (χ0v) is 16.5. The normalized spacial score (nSPS) is 27.4. The number of hydrogen-bond donors (Lipinski definition) is 1. The van der Waals surface area contributed by atoms with Gasteiger partial charge in [-0.15, -0.1) is 0 Å². The lowest BCUT2D eigenvalue weighted by atomic mass is 9.95. The minimum Gasteiger partial charge on any atom is -0.373 e. The third kappa shape index (κ3) is 4.47. The van der Waals surface area contributed by atoms with E-state index in [9.17, 15) is 4.79 Å². The Balaban J connectivity index is 1.30. The molecule has 0 bridgehead atoms. The predicted molar refractivity (Wildman–Crippen MR) is 102 cm³/mol. The Morgan fingerprint density at radius 1 is 1.26 bits per heavy atom. The van der Waals surface area contributed by atoms with Crippen LogP contribution in [0.2, 0.25) is 0 Å². The molecule has 3 aliphatic heterocycles. The van der Waals surface area contributed by atoms with Gasteiger partial charge in [0, 0.05) is 69.1 Å². The van der Waals surface area contributed by atoms with Crippen molar-refractivity contribution in [2.75, 3.05) is 39.3 Å². The van der Waals surface area contributed by atoms with Crippen LogP contribution >= 0.6 is 0 Å². The number of carbonyl (C=O) groups is 1. The Morgan fingerprint density at radius 2 is 2.00 bits per heavy atom. The summed E-state index contributed by atoms with van der Waals surface area (Å²) in [7, 11) is 0. The van der Waals surface area contributed by atoms with Crippen LogP contribution in [0.5, 0.6) is 0 Å². The number of amides is 1. The van der Waals surface area contributed by atoms with Gasteiger partial charge in [-0.1, -0.05) is 0 Å². The van der Waals surface area contributed by atoms with Gasteiger partial charge in [0.25, 0.3) is 0 Å². The van der Waals surface area contributed by atoms with Crippen LogP contribution in [0, 0.1) is 0 Å². The topological polar surface area (TPSA) is 70.6 Å². The molecule has 2 saturated heterocycles. The first-order chi connectivity index (χ1) is 13.1. The zero-order chi connectivity index (χ0) is 18.8. The van der Waals surface area contributed by atoms with E-state index < -0.39 is 0 Å². The highest BCUT2D eigenvalue weighted by molar-refractivity contribution is 5.78. The first-order valence-corrected chi connectivity index (χ1v) is 10.3. The van der Waals surface area contributed by atoms with Gasteiger partial charge in [0.2, 0.25) is 5.91 Å². The quantitative estimate of drug-likeness (QED) is 0.850. The number of morpholine rings is 1. The molecule has 27 heavy (non-hydrogen) atoms. The van der Waals surface area contributed by atoms with Crippen molar-refractivity contribution in [2.45, 2.75) is 57.8 Å². The molecule has 2 unspecified atom stereocenters. The fourth-order valence-electron chi connectivity index (χ4n) is 4.54. The summed E-state index contributed by atoms with van der Waals surface area (Å²) in [5.74, 6) is 1.59. The second-order valence-corrected chi connectivity index (χ2v) is 8.23. The van der Waals surface area contributed by atoms with Gasteiger partial charge in [0.1, 0.15) is 5.82 Å². The molecule has 2 fully saturated rings. The van der Waals surface area contributed by atoms with E-state index in [0.29, 0.717) is 12.5 Å². The number of piperidine rings is 1. The fraction of sp³-hybridized carbons (Fsp3) is 0.750. The number of hydrogen-bond acceptors (Lipinski definition) is 6. The van der Waals surface area contributed by atoms with Crippen LogP contribution in [-0.4, -0.2) is 77.2 Å². The van der Waals surface area contributed by atoms with Gasteiger partial charge in [-0.2, -0.15) is 0 Å². The van der Waals surface area contributed by atoms with Gasteiger partial charge in [-0.25, -0.2) is 9.97 Å². The summed E-state index contributed by atoms with van der Waals surface area (Å²) in [6.45, 7) is 9.82. The Morgan fingerprint density at radius 3 is 2.74 bits per heavy atom. The predicted octanol–water partition coefficient (Wildman–Crippen LogP) is 0.938. The van der Waals surface area contributed by atoms with E-state index in [0.717, 1.165) is 64.4 Å². The number of aromatic nitrogens is 2. The molecule has 1 amide bonds. The van der Waals surface area contributed by atoms with Crippen molar-refractivity contribution in [2.24, 2.45) is 0 Å². The molecule has 0 saturated carbocycles. The van der Waals surface area contributed by atoms with E-state index in [-0.39, 0.29) is 18.1 Å². The van der Waals surface area contributed by atoms with Crippen molar-refractivity contribution < 1.29 is 9.53 Å². The lowest BCUT2D eigenvalue weighted by Gasteiger charge is -2.37. The monoisotopic (exact) mass is 373 g/mol. The average Bonchev–Trinajstić information content (AvgIpc) is 2.67. The highest BCUT2D eigenvalue weighted by Crippen LogP contribution is 2.26. The van der Waals surface area contributed by atoms with Crippen molar-refractivity contribution in [3.63, 3.8) is 0 Å². The summed E-state index contributed by atoms with van der Waals surface area (Å²) >= 11 is 0. The number of likely N-dealkylation sites (tertiary alicyclic amines) is 1. The summed E-state index contributed by atoms with van der Waals surface area (Å²) in [6, 6.07) is 0. The van der Waals surface area contributed by atoms with Gasteiger partial charge in [0.15, 0.2) is 0 Å². The molecule has 2 atom stereocenters. The number of carbonyl (C=O) groups excluding carboxylic acids is 1. The summed E-state index contributed by atoms with van der Waals surface area (Å²) in [4.78, 5) is 26.4. The second kappa shape index (κ2) is 8.20. The van der Waals surface area contributed by atoms with E-state index >= 15 is 0 Å². The first-order valence-electron chi connectivity index (χ1n) is 10.3. The molecule has 0 aliphatic carbocycles. The maximum atomic E-state index is 12.7. The van der Waals surface area contributed by atoms with Gasteiger partial charge in [-0.3, -0.25) is 9.69 Å². The van der Waals surface area contributed by atoms with E-state index in [1.54, 1.807) is 0 Å². The van der Waals surface area contributed by atoms with Gasteiger partial charge >= 0.3 is 0 Å². The van der Waals surface area contributed by atoms with Crippen molar-refractivity contribution in [1.82, 2.24) is 25.1 Å². The van der Waals surface area contributed by atoms with Crippen LogP contribution < -0.4 is 5.32 Å². The third-order valence-electron chi connectivity index (χ3n) is 5.89. The van der Waals surface area contributed by atoms with Gasteiger partial charge in [0.05, 0.1) is 18.8 Å². The van der Waals surface area contributed by atoms with Crippen molar-refractivity contribution >= 4 is 5.91 Å². The highest BCUT2D eigenvalue weighted by atomic mass is 16.5. The molecule has 4 heterocycles. The number of nitrogens with zero attached hydrogens (tertiary/aromatic N) is 4. The van der Waals surface area contributed by atoms with Crippen LogP contribution in [0.3, 0.4) is 0 Å². The van der Waals surface area contributed by atoms with Gasteiger partial charge < -0.3 is 15.0 Å². The lowest BCUT2D eigenvalue weighted by molar-refractivity contribution is -0.136. The van der Waals surface area contributed by atoms with E-state index in [2.05, 4.69) is 29.0 Å². The Hall–Kier alpha value is -1.57. The van der Waals surface area contributed by atoms with Crippen LogP contribution in [0.25, 0.3) is 0 Å². The molecule has 1 aromatic heterocycles. The number of fused-ring (bicyclic) bond motifs is 1. The Bertz CT molecular complexity index is 664. The van der Waals surface area contributed by atoms with E-state index in [1.807, 2.05) is 11.1 Å². The molecule has 0 aromatic carbocycles. The molecular formula is C20H31N5O2. The maximum absolute atomic E-state index is 12.7. The lowest BCUT2D eigenvalue weighted by Crippen LogP contribution is -2.50. The fourth-order valence-corrected chi connectivity index (χ4v) is 4.54. The second-order valence-electron chi connectivity index (χ2n) is 8.23. The standard InChI is InChI=1S/C20H31N5O2/c1-14-11-24(12-15(2)27-14)13-19(26)25-7-4-16(5-8-25)20-22-10-17-9-21-6-3-18(17)23-20/h10,14-16,21H,3-9,11-13H2,1-2H3. The third-order valence-corrected chi connectivity index (χ3v) is 5.89. The van der Waals surface area contributed by atoms with Crippen LogP contribution in [-0.2, 0) is 22.5 Å². The molecular weight excluding hydrogens is 342 g/mol. The minimum absolute atomic E-state index is 0.198. The van der Waals surface area contributed by atoms with Crippen molar-refractivity contribution in [3.8, 4) is 0 Å². The number of rotatable bonds is 3. The Labute approximate surface area is 161 Å². The molecule has 7 nitrogen and oxygen atoms in total. The molecule has 1 aromatic rings. The van der Waals surface area contributed by atoms with Crippen molar-refractivity contribution in [1.29, 1.82) is 0 Å². The van der Waals surface area contributed by atoms with Crippen LogP contribution in [0.15, 0.2) is 6.20 Å². The highest BCUT2D eigenvalue weighted by Gasteiger charge is 2.29. The SMILES string of the molecule is CC1CN(CC(=O)N2CCC(c3ncc4c(n3)CCNC4)CC2)CC(C)O1. The maximum Gasteiger partial charge on any atom is 0.236 e. The molecule has 7 heteroatoms. The van der Waals surface area contributed by atoms with Crippen molar-refractivity contribution in [3.05, 3.63) is 23.3 Å². The summed E-state index contributed by atoms with van der Waals surface area (Å²) < 4.78 is 5.76. The molecule has 0 radical (unpaired) electrons. The number of nitrogens with one attached hydrogen (secondary N) is 1. The molecule has 1 N–H and O–H groups in total. The summed E-state index contributed by atoms with van der Waals surface area (Å²) in [5, 5.41) is 3.36. The molecule has 148 valence electrons. The average molecular weight is 374 g/mol. The van der Waals surface area contributed by atoms with Crippen LogP contribution in [0.1, 0.15) is 49.7 Å². The molecule has 3 aliphatic rings. The van der Waals surface area contributed by atoms with Gasteiger partial charge in [-0.05, 0) is 26.7 Å². The smallest absolute Gasteiger partial charge is 0.236 e.